The van der Waals surface area contributed by atoms with Crippen LogP contribution < -0.4 is 55.0 Å². The molecule has 0 radical (unpaired) electrons. The molecule has 2 saturated heterocycles. The zero-order valence-electron chi connectivity index (χ0n) is 45.0. The maximum absolute atomic E-state index is 13.1. The Balaban J connectivity index is 0.000000220. The fourth-order valence-corrected chi connectivity index (χ4v) is 11.1. The molecule has 22 heteroatoms. The number of fused-ring (bicyclic) bond motifs is 2. The molecule has 4 fully saturated rings. The molecule has 3 aliphatic heterocycles. The number of methoxy groups -OCH3 is 2. The van der Waals surface area contributed by atoms with Crippen LogP contribution in [0.3, 0.4) is 0 Å². The molecule has 2 spiro atoms. The minimum Gasteiger partial charge on any atom is -0.870 e. The van der Waals surface area contributed by atoms with Crippen LogP contribution in [-0.4, -0.2) is 136 Å². The molecule has 0 aromatic carbocycles. The largest absolute Gasteiger partial charge is 1.00 e. The minimum absolute atomic E-state index is 0. The Morgan fingerprint density at radius 1 is 0.667 bits per heavy atom. The first-order valence-electron chi connectivity index (χ1n) is 26.2. The Labute approximate surface area is 475 Å². The smallest absolute Gasteiger partial charge is 0.870 e. The van der Waals surface area contributed by atoms with Crippen LogP contribution in [0.5, 0.6) is 11.8 Å². The number of aromatic nitrogens is 5. The van der Waals surface area contributed by atoms with E-state index in [0.29, 0.717) is 79.7 Å². The molecule has 21 nitrogen and oxygen atoms in total. The molecule has 5 aromatic rings. The number of hydrogen-bond acceptors (Lipinski definition) is 17. The van der Waals surface area contributed by atoms with Crippen molar-refractivity contribution in [3.63, 3.8) is 0 Å². The molecule has 78 heavy (non-hydrogen) atoms. The number of rotatable bonds is 18. The van der Waals surface area contributed by atoms with Crippen LogP contribution in [0.15, 0.2) is 79.3 Å². The van der Waals surface area contributed by atoms with Crippen LogP contribution >= 0.6 is 0 Å². The molecule has 5 aliphatic rings. The molecule has 0 unspecified atom stereocenters. The predicted molar refractivity (Wildman–Crippen MR) is 279 cm³/mol. The van der Waals surface area contributed by atoms with E-state index in [1.54, 1.807) is 56.7 Å². The number of likely N-dealkylation sites (tertiary alicyclic amines) is 2. The van der Waals surface area contributed by atoms with Gasteiger partial charge in [0.1, 0.15) is 5.82 Å². The van der Waals surface area contributed by atoms with Gasteiger partial charge in [-0.1, -0.05) is 18.2 Å². The second-order valence-electron chi connectivity index (χ2n) is 20.7. The summed E-state index contributed by atoms with van der Waals surface area (Å²) in [6, 6.07) is 17.5. The number of ether oxygens (including phenoxy) is 4. The van der Waals surface area contributed by atoms with E-state index in [0.717, 1.165) is 49.1 Å². The zero-order valence-corrected chi connectivity index (χ0v) is 47.0. The first kappa shape index (κ1) is 58.9. The van der Waals surface area contributed by atoms with Crippen molar-refractivity contribution < 1.29 is 82.7 Å². The van der Waals surface area contributed by atoms with Crippen molar-refractivity contribution >= 4 is 52.4 Å². The van der Waals surface area contributed by atoms with Gasteiger partial charge in [0, 0.05) is 91.5 Å². The fourth-order valence-electron chi connectivity index (χ4n) is 11.1. The molecule has 2 atom stereocenters. The van der Waals surface area contributed by atoms with Crippen LogP contribution in [0.25, 0.3) is 11.0 Å². The van der Waals surface area contributed by atoms with E-state index in [4.69, 9.17) is 18.9 Å². The quantitative estimate of drug-likeness (QED) is 0.0835. The average Bonchev–Trinajstić information content (AvgIpc) is 3.40. The number of amides is 4. The predicted octanol–water partition coefficient (Wildman–Crippen LogP) is 1.89. The Hall–Kier alpha value is -6.81. The third-order valence-electron chi connectivity index (χ3n) is 15.1. The fraction of sp³-hybridized carbons (Fsp3) is 0.482. The van der Waals surface area contributed by atoms with Gasteiger partial charge >= 0.3 is 41.5 Å². The number of carbonyl (C=O) groups excluding carboxylic acids is 6. The van der Waals surface area contributed by atoms with Crippen molar-refractivity contribution in [1.82, 2.24) is 45.4 Å². The van der Waals surface area contributed by atoms with Gasteiger partial charge in [-0.15, -0.1) is 0 Å². The summed E-state index contributed by atoms with van der Waals surface area (Å²) < 4.78 is 20.4. The van der Waals surface area contributed by atoms with E-state index < -0.39 is 12.1 Å². The molecule has 2 aliphatic carbocycles. The zero-order chi connectivity index (χ0) is 53.4. The van der Waals surface area contributed by atoms with Crippen molar-refractivity contribution in [3.05, 3.63) is 107 Å². The molecule has 0 bridgehead atoms. The maximum Gasteiger partial charge on any atom is 1.00 e. The van der Waals surface area contributed by atoms with Gasteiger partial charge in [-0.05, 0) is 99.4 Å². The summed E-state index contributed by atoms with van der Waals surface area (Å²) in [5.41, 5.74) is 4.77. The Morgan fingerprint density at radius 2 is 1.17 bits per heavy atom. The monoisotopic (exact) mass is 1080 g/mol. The van der Waals surface area contributed by atoms with E-state index in [2.05, 4.69) is 46.9 Å². The number of nitrogens with one attached hydrogen (secondary N) is 3. The van der Waals surface area contributed by atoms with Crippen molar-refractivity contribution in [2.24, 2.45) is 22.7 Å². The van der Waals surface area contributed by atoms with Gasteiger partial charge in [0.2, 0.25) is 35.4 Å². The van der Waals surface area contributed by atoms with E-state index in [1.165, 1.54) is 19.8 Å². The Kier molecular flexibility index (Phi) is 19.8. The van der Waals surface area contributed by atoms with E-state index in [9.17, 15) is 28.8 Å². The average molecular weight is 1080 g/mol. The molecule has 4 amide bonds. The first-order valence-corrected chi connectivity index (χ1v) is 26.2. The number of pyridine rings is 5. The molecule has 10 rings (SSSR count). The van der Waals surface area contributed by atoms with Gasteiger partial charge in [0.25, 0.3) is 0 Å². The van der Waals surface area contributed by atoms with Crippen LogP contribution in [0.1, 0.15) is 99.0 Å². The third-order valence-corrected chi connectivity index (χ3v) is 15.1. The number of hydrogen-bond donors (Lipinski definition) is 3. The van der Waals surface area contributed by atoms with Crippen LogP contribution in [-0.2, 0) is 57.5 Å². The van der Waals surface area contributed by atoms with Crippen molar-refractivity contribution in [2.75, 3.05) is 65.5 Å². The summed E-state index contributed by atoms with van der Waals surface area (Å²) in [6.07, 6.45) is 10.5. The standard InChI is InChI=1S/C28H35N5O5.C28H31N5O5.Na.H2O/c2*1-3-38-25(35)12-22(19-7-9-23(37-2)30-15-19)32-27(36)20-13-28(14-20)16-33(17-28)24(34)11-21-8-6-18-5-4-10-29-26(18)31-21;;/h6-9,15,20,22H,3-5,10-14,16-17H2,1-2H3,(H,29,31)(H,32,36);4-10,15,20,22H,3,11-14,16-17H2,1-2H3,(H,32,36);;1H2/q;;+1;/p-1/t2*22-;;/m00../s1. The summed E-state index contributed by atoms with van der Waals surface area (Å²) in [6.45, 7) is 7.61. The molecule has 408 valence electrons. The van der Waals surface area contributed by atoms with Crippen molar-refractivity contribution in [3.8, 4) is 11.8 Å². The number of esters is 2. The number of aryl methyl sites for hydroxylation is 1. The first-order chi connectivity index (χ1) is 36.8. The second-order valence-corrected chi connectivity index (χ2v) is 20.7. The minimum atomic E-state index is -0.542. The maximum atomic E-state index is 13.1. The summed E-state index contributed by atoms with van der Waals surface area (Å²) >= 11 is 0. The van der Waals surface area contributed by atoms with Gasteiger partial charge in [-0.2, -0.15) is 0 Å². The summed E-state index contributed by atoms with van der Waals surface area (Å²) in [5.74, 6) is 0.677. The van der Waals surface area contributed by atoms with Gasteiger partial charge in [-0.25, -0.2) is 24.9 Å². The normalized spacial score (nSPS) is 17.8. The topological polar surface area (TPSA) is 276 Å². The number of carbonyl (C=O) groups is 6. The van der Waals surface area contributed by atoms with Gasteiger partial charge in [-0.3, -0.25) is 28.8 Å². The third kappa shape index (κ3) is 14.1. The van der Waals surface area contributed by atoms with E-state index in [1.807, 2.05) is 40.1 Å². The molecule has 5 aromatic heterocycles. The SMILES string of the molecule is CCOC(=O)C[C@H](NC(=O)C1CC2(C1)CN(C(=O)Cc1ccc3c(n1)NCCC3)C2)c1ccc(OC)nc1.CCOC(=O)C[C@H](NC(=O)C1CC2(C1)CN(C(=O)Cc1ccc3cccnc3n1)C2)c1ccc(OC)nc1.[Na+].[OH-]. The second kappa shape index (κ2) is 26.2. The number of anilines is 1. The number of nitrogens with zero attached hydrogens (tertiary/aromatic N) is 7. The van der Waals surface area contributed by atoms with Gasteiger partial charge in [0.05, 0.1) is 76.6 Å². The van der Waals surface area contributed by atoms with Crippen molar-refractivity contribution in [2.45, 2.75) is 90.1 Å². The van der Waals surface area contributed by atoms with E-state index >= 15 is 0 Å². The molecular formula is C56H67N10NaO11. The summed E-state index contributed by atoms with van der Waals surface area (Å²) in [7, 11) is 3.06. The van der Waals surface area contributed by atoms with E-state index in [-0.39, 0.29) is 126 Å². The van der Waals surface area contributed by atoms with Crippen LogP contribution in [0.2, 0.25) is 0 Å². The van der Waals surface area contributed by atoms with Crippen LogP contribution in [0, 0.1) is 22.7 Å². The van der Waals surface area contributed by atoms with Crippen LogP contribution in [0.4, 0.5) is 5.82 Å². The molecule has 4 N–H and O–H groups in total. The van der Waals surface area contributed by atoms with Gasteiger partial charge < -0.3 is 50.2 Å². The molecular weight excluding hydrogens is 1010 g/mol. The Bertz CT molecular complexity index is 2920. The molecule has 8 heterocycles. The summed E-state index contributed by atoms with van der Waals surface area (Å²) in [5, 5.41) is 10.3. The Morgan fingerprint density at radius 3 is 1.64 bits per heavy atom. The van der Waals surface area contributed by atoms with Crippen molar-refractivity contribution in [1.29, 1.82) is 0 Å². The summed E-state index contributed by atoms with van der Waals surface area (Å²) in [4.78, 5) is 102. The van der Waals surface area contributed by atoms with Gasteiger partial charge in [0.15, 0.2) is 5.65 Å². The molecule has 2 saturated carbocycles.